The Morgan fingerprint density at radius 2 is 1.22 bits per heavy atom. The van der Waals surface area contributed by atoms with E-state index in [0.29, 0.717) is 0 Å². The fourth-order valence-electron chi connectivity index (χ4n) is 6.58. The molecule has 0 aliphatic heterocycles. The fraction of sp³-hybridized carbons (Fsp3) is 0. The van der Waals surface area contributed by atoms with E-state index < -0.39 is 0 Å². The molecular formula is C41H26N4. The predicted molar refractivity (Wildman–Crippen MR) is 185 cm³/mol. The largest absolute Gasteiger partial charge is 0.308 e. The molecule has 0 fully saturated rings. The summed E-state index contributed by atoms with van der Waals surface area (Å²) in [7, 11) is 0. The van der Waals surface area contributed by atoms with Crippen LogP contribution in [0.15, 0.2) is 158 Å². The van der Waals surface area contributed by atoms with E-state index in [1.165, 1.54) is 32.3 Å². The molecule has 0 aliphatic rings. The molecule has 9 aromatic rings. The van der Waals surface area contributed by atoms with Gasteiger partial charge in [0.05, 0.1) is 34.3 Å². The average molecular weight is 575 g/mol. The highest BCUT2D eigenvalue weighted by Crippen LogP contribution is 2.35. The van der Waals surface area contributed by atoms with Gasteiger partial charge in [-0.1, -0.05) is 84.9 Å². The maximum atomic E-state index is 5.17. The molecule has 0 spiro atoms. The second-order valence-corrected chi connectivity index (χ2v) is 11.4. The third-order valence-corrected chi connectivity index (χ3v) is 8.71. The van der Waals surface area contributed by atoms with Crippen molar-refractivity contribution in [2.24, 2.45) is 0 Å². The van der Waals surface area contributed by atoms with Crippen molar-refractivity contribution in [1.82, 2.24) is 19.5 Å². The summed E-state index contributed by atoms with van der Waals surface area (Å²) in [5, 5.41) is 7.38. The van der Waals surface area contributed by atoms with Crippen molar-refractivity contribution in [3.63, 3.8) is 0 Å². The Bertz CT molecular complexity index is 2490. The zero-order chi connectivity index (χ0) is 29.7. The molecule has 4 heteroatoms. The summed E-state index contributed by atoms with van der Waals surface area (Å²) in [6, 6.07) is 49.3. The normalized spacial score (nSPS) is 11.6. The molecule has 0 bridgehead atoms. The number of para-hydroxylation sites is 1. The summed E-state index contributed by atoms with van der Waals surface area (Å²) in [5.74, 6) is 0. The van der Waals surface area contributed by atoms with Crippen molar-refractivity contribution < 1.29 is 0 Å². The van der Waals surface area contributed by atoms with Gasteiger partial charge in [-0.2, -0.15) is 0 Å². The quantitative estimate of drug-likeness (QED) is 0.196. The van der Waals surface area contributed by atoms with Gasteiger partial charge in [-0.3, -0.25) is 9.97 Å². The van der Waals surface area contributed by atoms with E-state index >= 15 is 0 Å². The number of hydrogen-bond acceptors (Lipinski definition) is 3. The number of aromatic nitrogens is 4. The van der Waals surface area contributed by atoms with E-state index in [-0.39, 0.29) is 0 Å². The van der Waals surface area contributed by atoms with Crippen LogP contribution in [0.2, 0.25) is 0 Å². The van der Waals surface area contributed by atoms with Crippen LogP contribution in [0.4, 0.5) is 0 Å². The lowest BCUT2D eigenvalue weighted by molar-refractivity contribution is 1.16. The monoisotopic (exact) mass is 574 g/mol. The molecule has 0 aliphatic carbocycles. The van der Waals surface area contributed by atoms with Crippen LogP contribution in [0.1, 0.15) is 0 Å². The van der Waals surface area contributed by atoms with Gasteiger partial charge in [0.15, 0.2) is 0 Å². The molecule has 210 valence electrons. The maximum absolute atomic E-state index is 5.17. The standard InChI is InChI=1S/C41H26N4/c1-2-11-33-27(8-1)15-16-29-22-28(17-18-34(29)33)31-24-38(44-39(25-31)37-13-5-6-20-43-37)30-9-7-10-32(23-30)45-40-14-4-3-12-35(40)36-19-21-42-26-41(36)45/h1-26H. The van der Waals surface area contributed by atoms with E-state index in [4.69, 9.17) is 4.98 Å². The lowest BCUT2D eigenvalue weighted by Gasteiger charge is -2.13. The van der Waals surface area contributed by atoms with Crippen molar-refractivity contribution in [2.75, 3.05) is 0 Å². The highest BCUT2D eigenvalue weighted by molar-refractivity contribution is 6.09. The molecule has 0 unspecified atom stereocenters. The maximum Gasteiger partial charge on any atom is 0.0899 e. The van der Waals surface area contributed by atoms with Crippen molar-refractivity contribution in [3.8, 4) is 39.5 Å². The van der Waals surface area contributed by atoms with Gasteiger partial charge in [-0.05, 0) is 87.3 Å². The van der Waals surface area contributed by atoms with Crippen LogP contribution in [0.5, 0.6) is 0 Å². The topological polar surface area (TPSA) is 43.6 Å². The molecule has 9 rings (SSSR count). The molecule has 0 atom stereocenters. The minimum atomic E-state index is 0.841. The van der Waals surface area contributed by atoms with Crippen LogP contribution in [0, 0.1) is 0 Å². The molecule has 4 nitrogen and oxygen atoms in total. The van der Waals surface area contributed by atoms with Gasteiger partial charge in [0, 0.05) is 34.4 Å². The van der Waals surface area contributed by atoms with Crippen LogP contribution in [0.3, 0.4) is 0 Å². The fourth-order valence-corrected chi connectivity index (χ4v) is 6.58. The Balaban J connectivity index is 1.23. The molecular weight excluding hydrogens is 548 g/mol. The summed E-state index contributed by atoms with van der Waals surface area (Å²) >= 11 is 0. The number of rotatable bonds is 4. The van der Waals surface area contributed by atoms with E-state index in [1.54, 1.807) is 0 Å². The average Bonchev–Trinajstić information content (AvgIpc) is 3.46. The van der Waals surface area contributed by atoms with Crippen molar-refractivity contribution in [3.05, 3.63) is 158 Å². The van der Waals surface area contributed by atoms with E-state index in [2.05, 4.69) is 136 Å². The van der Waals surface area contributed by atoms with E-state index in [1.807, 2.05) is 36.8 Å². The van der Waals surface area contributed by atoms with Crippen molar-refractivity contribution >= 4 is 43.4 Å². The molecule has 0 radical (unpaired) electrons. The first-order chi connectivity index (χ1) is 22.3. The lowest BCUT2D eigenvalue weighted by atomic mass is 9.96. The molecule has 0 saturated carbocycles. The summed E-state index contributed by atoms with van der Waals surface area (Å²) in [6.45, 7) is 0. The van der Waals surface area contributed by atoms with Crippen molar-refractivity contribution in [1.29, 1.82) is 0 Å². The van der Waals surface area contributed by atoms with Crippen molar-refractivity contribution in [2.45, 2.75) is 0 Å². The Labute approximate surface area is 259 Å². The van der Waals surface area contributed by atoms with Crippen LogP contribution in [-0.2, 0) is 0 Å². The molecule has 4 aromatic heterocycles. The zero-order valence-corrected chi connectivity index (χ0v) is 24.3. The first kappa shape index (κ1) is 25.4. The number of fused-ring (bicyclic) bond motifs is 6. The summed E-state index contributed by atoms with van der Waals surface area (Å²) in [4.78, 5) is 14.3. The van der Waals surface area contributed by atoms with Gasteiger partial charge in [-0.25, -0.2) is 4.98 Å². The highest BCUT2D eigenvalue weighted by Gasteiger charge is 2.15. The number of benzene rings is 5. The second kappa shape index (κ2) is 10.2. The van der Waals surface area contributed by atoms with E-state index in [0.717, 1.165) is 50.5 Å². The number of pyridine rings is 3. The SMILES string of the molecule is c1ccc(-c2cc(-c3ccc4c(ccc5ccccc54)c3)cc(-c3cccc(-n4c5ccccc5c5ccncc54)c3)n2)nc1. The Morgan fingerprint density at radius 3 is 2.16 bits per heavy atom. The van der Waals surface area contributed by atoms with Crippen LogP contribution in [0.25, 0.3) is 82.8 Å². The minimum absolute atomic E-state index is 0.841. The lowest BCUT2D eigenvalue weighted by Crippen LogP contribution is -1.96. The molecule has 5 aromatic carbocycles. The third kappa shape index (κ3) is 4.27. The summed E-state index contributed by atoms with van der Waals surface area (Å²) < 4.78 is 2.29. The van der Waals surface area contributed by atoms with E-state index in [9.17, 15) is 0 Å². The van der Waals surface area contributed by atoms with Gasteiger partial charge < -0.3 is 4.57 Å². The molecule has 0 saturated heterocycles. The van der Waals surface area contributed by atoms with Gasteiger partial charge in [0.1, 0.15) is 0 Å². The predicted octanol–water partition coefficient (Wildman–Crippen LogP) is 10.3. The van der Waals surface area contributed by atoms with Crippen LogP contribution >= 0.6 is 0 Å². The zero-order valence-electron chi connectivity index (χ0n) is 24.3. The Morgan fingerprint density at radius 1 is 0.422 bits per heavy atom. The highest BCUT2D eigenvalue weighted by atomic mass is 15.0. The molecule has 0 N–H and O–H groups in total. The second-order valence-electron chi connectivity index (χ2n) is 11.4. The smallest absolute Gasteiger partial charge is 0.0899 e. The van der Waals surface area contributed by atoms with Gasteiger partial charge >= 0.3 is 0 Å². The van der Waals surface area contributed by atoms with Crippen LogP contribution < -0.4 is 0 Å². The molecule has 45 heavy (non-hydrogen) atoms. The molecule has 4 heterocycles. The number of nitrogens with zero attached hydrogens (tertiary/aromatic N) is 4. The minimum Gasteiger partial charge on any atom is -0.308 e. The first-order valence-corrected chi connectivity index (χ1v) is 15.1. The molecule has 0 amide bonds. The van der Waals surface area contributed by atoms with Gasteiger partial charge in [0.2, 0.25) is 0 Å². The van der Waals surface area contributed by atoms with Gasteiger partial charge in [0.25, 0.3) is 0 Å². The first-order valence-electron chi connectivity index (χ1n) is 15.1. The Hall–Kier alpha value is -6.13. The van der Waals surface area contributed by atoms with Crippen LogP contribution in [-0.4, -0.2) is 19.5 Å². The third-order valence-electron chi connectivity index (χ3n) is 8.71. The number of hydrogen-bond donors (Lipinski definition) is 0. The summed E-state index contributed by atoms with van der Waals surface area (Å²) in [6.07, 6.45) is 5.63. The van der Waals surface area contributed by atoms with Gasteiger partial charge in [-0.15, -0.1) is 0 Å². The Kier molecular flexibility index (Phi) is 5.78. The summed E-state index contributed by atoms with van der Waals surface area (Å²) in [5.41, 5.74) is 9.15.